The van der Waals surface area contributed by atoms with E-state index in [2.05, 4.69) is 54.9 Å². The van der Waals surface area contributed by atoms with Crippen LogP contribution < -0.4 is 4.80 Å². The molecule has 25 heavy (non-hydrogen) atoms. The number of rotatable bonds is 6. The van der Waals surface area contributed by atoms with Crippen LogP contribution in [0.5, 0.6) is 0 Å². The number of benzene rings is 1. The van der Waals surface area contributed by atoms with Crippen LogP contribution in [0.3, 0.4) is 0 Å². The van der Waals surface area contributed by atoms with Gasteiger partial charge in [-0.15, -0.1) is 11.3 Å². The van der Waals surface area contributed by atoms with Crippen LogP contribution in [0, 0.1) is 6.92 Å². The summed E-state index contributed by atoms with van der Waals surface area (Å²) in [6.45, 7) is 8.61. The van der Waals surface area contributed by atoms with Crippen LogP contribution in [0.15, 0.2) is 40.8 Å². The summed E-state index contributed by atoms with van der Waals surface area (Å²) in [5.41, 5.74) is 2.43. The van der Waals surface area contributed by atoms with E-state index in [0.717, 1.165) is 22.2 Å². The number of hydrogen-bond donors (Lipinski definition) is 0. The molecule has 1 aromatic heterocycles. The molecule has 1 aromatic carbocycles. The van der Waals surface area contributed by atoms with E-state index in [-0.39, 0.29) is 11.7 Å². The Morgan fingerprint density at radius 3 is 2.60 bits per heavy atom. The van der Waals surface area contributed by atoms with Gasteiger partial charge in [-0.3, -0.25) is 4.79 Å². The van der Waals surface area contributed by atoms with E-state index in [0.29, 0.717) is 6.54 Å². The lowest BCUT2D eigenvalue weighted by Gasteiger charge is -2.20. The summed E-state index contributed by atoms with van der Waals surface area (Å²) in [6.07, 6.45) is 1.96. The normalized spacial score (nSPS) is 11.6. The summed E-state index contributed by atoms with van der Waals surface area (Å²) in [7, 11) is 0. The molecule has 7 heteroatoms. The number of nitrogens with zero attached hydrogens (tertiary/aromatic N) is 3. The quantitative estimate of drug-likeness (QED) is 0.702. The predicted molar refractivity (Wildman–Crippen MR) is 111 cm³/mol. The number of carbonyl (C=O) groups is 1. The number of aromatic nitrogens is 1. The second-order valence-electron chi connectivity index (χ2n) is 5.53. The van der Waals surface area contributed by atoms with Crippen molar-refractivity contribution < 1.29 is 4.79 Å². The van der Waals surface area contributed by atoms with Crippen LogP contribution in [0.4, 0.5) is 0 Å². The first-order chi connectivity index (χ1) is 12.0. The summed E-state index contributed by atoms with van der Waals surface area (Å²) >= 11 is 8.21. The van der Waals surface area contributed by atoms with Gasteiger partial charge in [0, 0.05) is 31.2 Å². The highest BCUT2D eigenvalue weighted by molar-refractivity contribution is 8.23. The number of amides is 1. The average molecular weight is 394 g/mol. The summed E-state index contributed by atoms with van der Waals surface area (Å²) in [5.74, 6) is 0.122. The van der Waals surface area contributed by atoms with Crippen molar-refractivity contribution >= 4 is 45.5 Å². The van der Waals surface area contributed by atoms with Crippen molar-refractivity contribution in [1.29, 1.82) is 0 Å². The van der Waals surface area contributed by atoms with E-state index in [1.807, 2.05) is 16.1 Å². The molecule has 2 aromatic rings. The Balaban J connectivity index is 2.01. The Bertz CT molecular complexity index is 773. The van der Waals surface area contributed by atoms with E-state index in [9.17, 15) is 4.79 Å². The van der Waals surface area contributed by atoms with Crippen molar-refractivity contribution in [3.05, 3.63) is 51.8 Å². The molecule has 0 saturated carbocycles. The van der Waals surface area contributed by atoms with Gasteiger partial charge in [0.05, 0.1) is 5.75 Å². The molecule has 0 aliphatic carbocycles. The van der Waals surface area contributed by atoms with Crippen LogP contribution in [0.1, 0.15) is 25.0 Å². The van der Waals surface area contributed by atoms with E-state index < -0.39 is 0 Å². The van der Waals surface area contributed by atoms with Gasteiger partial charge in [-0.25, -0.2) is 0 Å². The maximum absolute atomic E-state index is 12.2. The Morgan fingerprint density at radius 2 is 1.96 bits per heavy atom. The van der Waals surface area contributed by atoms with E-state index in [1.54, 1.807) is 0 Å². The Morgan fingerprint density at radius 1 is 1.28 bits per heavy atom. The largest absolute Gasteiger partial charge is 0.358 e. The minimum Gasteiger partial charge on any atom is -0.358 e. The first-order valence-electron chi connectivity index (χ1n) is 8.22. The van der Waals surface area contributed by atoms with Gasteiger partial charge in [0.15, 0.2) is 4.80 Å². The molecular weight excluding hydrogens is 370 g/mol. The Hall–Kier alpha value is -1.44. The molecule has 0 N–H and O–H groups in total. The molecule has 0 aliphatic rings. The second-order valence-corrected chi connectivity index (χ2v) is 8.01. The van der Waals surface area contributed by atoms with Crippen LogP contribution in [-0.4, -0.2) is 38.5 Å². The number of hydrogen-bond acceptors (Lipinski definition) is 4. The predicted octanol–water partition coefficient (Wildman–Crippen LogP) is 3.69. The topological polar surface area (TPSA) is 37.6 Å². The lowest BCUT2D eigenvalue weighted by atomic mass is 10.1. The van der Waals surface area contributed by atoms with Crippen LogP contribution in [0.25, 0.3) is 0 Å². The average Bonchev–Trinajstić information content (AvgIpc) is 3.03. The molecular formula is C18H23N3OS3. The van der Waals surface area contributed by atoms with Gasteiger partial charge < -0.3 is 9.47 Å². The lowest BCUT2D eigenvalue weighted by Crippen LogP contribution is -2.27. The van der Waals surface area contributed by atoms with Gasteiger partial charge in [0.1, 0.15) is 4.32 Å². The molecule has 0 fully saturated rings. The molecule has 0 saturated heterocycles. The minimum absolute atomic E-state index is 0.153. The highest BCUT2D eigenvalue weighted by atomic mass is 32.2. The van der Waals surface area contributed by atoms with E-state index in [1.165, 1.54) is 34.2 Å². The maximum Gasteiger partial charge on any atom is 0.258 e. The number of thiocarbonyl (C=S) groups is 1. The molecule has 0 atom stereocenters. The zero-order valence-electron chi connectivity index (χ0n) is 14.8. The van der Waals surface area contributed by atoms with E-state index in [4.69, 9.17) is 12.2 Å². The highest BCUT2D eigenvalue weighted by Crippen LogP contribution is 2.10. The molecule has 0 aliphatic heterocycles. The Kier molecular flexibility index (Phi) is 7.87. The molecule has 0 unspecified atom stereocenters. The molecule has 0 bridgehead atoms. The standard InChI is InChI=1S/C18H23N3OS3/c1-4-20(5-2)18(23)25-13-16(22)19-17-21(10-11-24-17)12-15-8-6-14(3)7-9-15/h6-11H,4-5,12-13H2,1-3H3. The fraction of sp³-hybridized carbons (Fsp3) is 0.389. The van der Waals surface area contributed by atoms with Crippen LogP contribution >= 0.6 is 35.3 Å². The maximum atomic E-state index is 12.2. The number of thiazole rings is 1. The minimum atomic E-state index is -0.153. The summed E-state index contributed by atoms with van der Waals surface area (Å²) in [6, 6.07) is 8.39. The zero-order valence-corrected chi connectivity index (χ0v) is 17.2. The van der Waals surface area contributed by atoms with Crippen molar-refractivity contribution in [3.8, 4) is 0 Å². The van der Waals surface area contributed by atoms with Crippen LogP contribution in [0.2, 0.25) is 0 Å². The number of thioether (sulfide) groups is 1. The lowest BCUT2D eigenvalue weighted by molar-refractivity contribution is -0.115. The van der Waals surface area contributed by atoms with Crippen LogP contribution in [-0.2, 0) is 11.3 Å². The van der Waals surface area contributed by atoms with Gasteiger partial charge in [0.25, 0.3) is 5.91 Å². The molecule has 1 heterocycles. The van der Waals surface area contributed by atoms with Crippen molar-refractivity contribution in [1.82, 2.24) is 9.47 Å². The van der Waals surface area contributed by atoms with Gasteiger partial charge in [0.2, 0.25) is 0 Å². The van der Waals surface area contributed by atoms with Crippen molar-refractivity contribution in [2.45, 2.75) is 27.3 Å². The molecule has 0 spiro atoms. The van der Waals surface area contributed by atoms with Gasteiger partial charge in [-0.05, 0) is 26.3 Å². The monoisotopic (exact) mass is 393 g/mol. The molecule has 2 rings (SSSR count). The second kappa shape index (κ2) is 9.89. The fourth-order valence-electron chi connectivity index (χ4n) is 2.23. The number of aryl methyl sites for hydroxylation is 1. The zero-order chi connectivity index (χ0) is 18.2. The van der Waals surface area contributed by atoms with Gasteiger partial charge in [-0.1, -0.05) is 53.8 Å². The van der Waals surface area contributed by atoms with Crippen molar-refractivity contribution in [3.63, 3.8) is 0 Å². The third-order valence-electron chi connectivity index (χ3n) is 3.69. The molecule has 1 amide bonds. The Labute approximate surface area is 162 Å². The highest BCUT2D eigenvalue weighted by Gasteiger charge is 2.09. The molecule has 0 radical (unpaired) electrons. The third-order valence-corrected chi connectivity index (χ3v) is 6.00. The SMILES string of the molecule is CCN(CC)C(=S)SCC(=O)N=c1sccn1Cc1ccc(C)cc1. The van der Waals surface area contributed by atoms with Crippen molar-refractivity contribution in [2.24, 2.45) is 4.99 Å². The first-order valence-corrected chi connectivity index (χ1v) is 10.5. The molecule has 134 valence electrons. The van der Waals surface area contributed by atoms with Gasteiger partial charge >= 0.3 is 0 Å². The molecule has 4 nitrogen and oxygen atoms in total. The van der Waals surface area contributed by atoms with Crippen molar-refractivity contribution in [2.75, 3.05) is 18.8 Å². The van der Waals surface area contributed by atoms with E-state index >= 15 is 0 Å². The third kappa shape index (κ3) is 6.09. The number of carbonyl (C=O) groups excluding carboxylic acids is 1. The van der Waals surface area contributed by atoms with Gasteiger partial charge in [-0.2, -0.15) is 4.99 Å². The first kappa shape index (κ1) is 19.9. The summed E-state index contributed by atoms with van der Waals surface area (Å²) in [4.78, 5) is 19.2. The summed E-state index contributed by atoms with van der Waals surface area (Å²) < 4.78 is 2.76. The smallest absolute Gasteiger partial charge is 0.258 e. The fourth-order valence-corrected chi connectivity index (χ4v) is 4.16. The summed E-state index contributed by atoms with van der Waals surface area (Å²) in [5, 5.41) is 1.95.